The van der Waals surface area contributed by atoms with Crippen LogP contribution in [-0.2, 0) is 16.2 Å². The molecule has 0 spiro atoms. The Morgan fingerprint density at radius 1 is 0.543 bits per heavy atom. The first kappa shape index (κ1) is 43.1. The summed E-state index contributed by atoms with van der Waals surface area (Å²) in [6.45, 7) is 21.4. The summed E-state index contributed by atoms with van der Waals surface area (Å²) in [5.41, 5.74) is 23.6. The van der Waals surface area contributed by atoms with Crippen LogP contribution in [0.4, 0.5) is 45.5 Å². The number of fused-ring (bicyclic) bond motifs is 10. The van der Waals surface area contributed by atoms with E-state index in [4.69, 9.17) is 4.42 Å². The number of nitrogens with zero attached hydrogens (tertiary/aromatic N) is 3. The summed E-state index contributed by atoms with van der Waals surface area (Å²) < 4.78 is 6.41. The van der Waals surface area contributed by atoms with Gasteiger partial charge in [0.25, 0.3) is 6.71 Å². The summed E-state index contributed by atoms with van der Waals surface area (Å²) in [6.07, 6.45) is 4.90. The van der Waals surface area contributed by atoms with Crippen LogP contribution >= 0.6 is 0 Å². The van der Waals surface area contributed by atoms with E-state index in [1.807, 2.05) is 0 Å². The van der Waals surface area contributed by atoms with E-state index in [9.17, 15) is 0 Å². The maximum atomic E-state index is 6.41. The maximum Gasteiger partial charge on any atom is 0.252 e. The molecule has 0 amide bonds. The number of hydrogen-bond acceptors (Lipinski definition) is 4. The van der Waals surface area contributed by atoms with Gasteiger partial charge in [0.2, 0.25) is 0 Å². The molecule has 70 heavy (non-hydrogen) atoms. The van der Waals surface area contributed by atoms with Gasteiger partial charge in [-0.05, 0) is 155 Å². The number of anilines is 8. The van der Waals surface area contributed by atoms with E-state index in [0.717, 1.165) is 39.0 Å². The largest absolute Gasteiger partial charge is 0.456 e. The van der Waals surface area contributed by atoms with E-state index in [1.165, 1.54) is 104 Å². The third-order valence-corrected chi connectivity index (χ3v) is 17.1. The lowest BCUT2D eigenvalue weighted by Crippen LogP contribution is -2.64. The molecule has 0 radical (unpaired) electrons. The molecule has 1 fully saturated rings. The van der Waals surface area contributed by atoms with Gasteiger partial charge in [-0.2, -0.15) is 0 Å². The minimum absolute atomic E-state index is 0.0213. The second-order valence-electron chi connectivity index (χ2n) is 23.4. The average molecular weight is 912 g/mol. The number of benzene rings is 8. The molecule has 2 atom stereocenters. The van der Waals surface area contributed by atoms with Crippen molar-refractivity contribution in [1.82, 2.24) is 0 Å². The van der Waals surface area contributed by atoms with E-state index in [2.05, 4.69) is 241 Å². The van der Waals surface area contributed by atoms with Gasteiger partial charge in [-0.1, -0.05) is 152 Å². The second-order valence-corrected chi connectivity index (χ2v) is 23.4. The molecule has 1 aliphatic carbocycles. The molecule has 4 nitrogen and oxygen atoms in total. The summed E-state index contributed by atoms with van der Waals surface area (Å²) in [4.78, 5) is 7.95. The Labute approximate surface area is 414 Å². The summed E-state index contributed by atoms with van der Waals surface area (Å²) >= 11 is 0. The lowest BCUT2D eigenvalue weighted by Gasteiger charge is -2.53. The normalized spacial score (nSPS) is 19.0. The smallest absolute Gasteiger partial charge is 0.252 e. The zero-order valence-electron chi connectivity index (χ0n) is 42.2. The van der Waals surface area contributed by atoms with Gasteiger partial charge < -0.3 is 19.1 Å². The van der Waals surface area contributed by atoms with Gasteiger partial charge in [0.05, 0.1) is 11.2 Å². The van der Waals surface area contributed by atoms with Crippen molar-refractivity contribution in [3.05, 3.63) is 186 Å². The predicted molar refractivity (Wildman–Crippen MR) is 298 cm³/mol. The van der Waals surface area contributed by atoms with Crippen LogP contribution in [0.2, 0.25) is 0 Å². The average Bonchev–Trinajstić information content (AvgIpc) is 3.82. The number of furan rings is 1. The molecule has 4 heterocycles. The molecule has 9 aromatic rings. The molecule has 2 unspecified atom stereocenters. The van der Waals surface area contributed by atoms with Crippen molar-refractivity contribution in [2.75, 3.05) is 14.7 Å². The Bertz CT molecular complexity index is 3590. The molecule has 13 rings (SSSR count). The highest BCUT2D eigenvalue weighted by molar-refractivity contribution is 7.00. The van der Waals surface area contributed by atoms with Crippen LogP contribution in [0.5, 0.6) is 0 Å². The molecule has 0 bridgehead atoms. The van der Waals surface area contributed by atoms with Gasteiger partial charge in [0.15, 0.2) is 0 Å². The molecule has 0 N–H and O–H groups in total. The van der Waals surface area contributed by atoms with E-state index in [0.29, 0.717) is 0 Å². The van der Waals surface area contributed by atoms with Crippen LogP contribution in [0.1, 0.15) is 103 Å². The summed E-state index contributed by atoms with van der Waals surface area (Å²) in [6, 6.07) is 62.3. The molecule has 1 aromatic heterocycles. The first-order valence-electron chi connectivity index (χ1n) is 25.7. The van der Waals surface area contributed by atoms with Gasteiger partial charge in [0.1, 0.15) is 11.2 Å². The monoisotopic (exact) mass is 911 g/mol. The summed E-state index contributed by atoms with van der Waals surface area (Å²) in [5.74, 6) is 0. The maximum absolute atomic E-state index is 6.41. The highest BCUT2D eigenvalue weighted by Gasteiger charge is 2.61. The molecule has 5 heteroatoms. The van der Waals surface area contributed by atoms with Crippen molar-refractivity contribution in [3.63, 3.8) is 0 Å². The topological polar surface area (TPSA) is 22.9 Å². The standard InChI is InChI=1S/C65H62BN3O/c1-41-36-56-60-57(37-41)69-61-51(64(8)34-15-16-35-65(64,69)9)21-17-22-53(61)66(60)52-31-29-47(40-55(52)68(56)54-32-26-44(63(5,6)7)38-49(54)42-18-11-10-12-19-42)67(45-27-24-43(25-28-45)62(2,3)4)46-30-33-59-50(39-46)48-20-13-14-23-58(48)70-59/h10-14,17-33,36-40H,15-16,34-35H2,1-9H3. The van der Waals surface area contributed by atoms with Crippen LogP contribution in [-0.4, -0.2) is 12.3 Å². The predicted octanol–water partition coefficient (Wildman–Crippen LogP) is 16.0. The minimum atomic E-state index is -0.0425. The van der Waals surface area contributed by atoms with E-state index in [1.54, 1.807) is 0 Å². The molecule has 4 aliphatic rings. The van der Waals surface area contributed by atoms with Gasteiger partial charge in [0, 0.05) is 61.6 Å². The zero-order chi connectivity index (χ0) is 48.1. The molecule has 346 valence electrons. The van der Waals surface area contributed by atoms with Crippen LogP contribution in [0.15, 0.2) is 168 Å². The quantitative estimate of drug-likeness (QED) is 0.161. The third-order valence-electron chi connectivity index (χ3n) is 17.1. The van der Waals surface area contributed by atoms with Gasteiger partial charge in [-0.25, -0.2) is 0 Å². The number of hydrogen-bond donors (Lipinski definition) is 0. The van der Waals surface area contributed by atoms with Gasteiger partial charge in [-0.3, -0.25) is 0 Å². The second kappa shape index (κ2) is 15.0. The Hall–Kier alpha value is -6.98. The first-order chi connectivity index (χ1) is 33.6. The van der Waals surface area contributed by atoms with Crippen LogP contribution < -0.4 is 31.1 Å². The molecular formula is C65H62BN3O. The number of aryl methyl sites for hydroxylation is 1. The lowest BCUT2D eigenvalue weighted by atomic mass is 9.33. The fourth-order valence-electron chi connectivity index (χ4n) is 13.3. The molecule has 3 aliphatic heterocycles. The highest BCUT2D eigenvalue weighted by Crippen LogP contribution is 2.62. The van der Waals surface area contributed by atoms with Crippen molar-refractivity contribution in [2.24, 2.45) is 0 Å². The third kappa shape index (κ3) is 6.15. The van der Waals surface area contributed by atoms with Gasteiger partial charge in [-0.15, -0.1) is 0 Å². The minimum Gasteiger partial charge on any atom is -0.456 e. The molecule has 8 aromatic carbocycles. The summed E-state index contributed by atoms with van der Waals surface area (Å²) in [5, 5.41) is 2.23. The SMILES string of the molecule is Cc1cc2c3c(c1)N1c4c(cccc4C4(C)CCCCC14C)B3c1ccc(N(c3ccc(C(C)(C)C)cc3)c3ccc4oc5ccccc5c4c3)cc1N2c1ccc(C(C)(C)C)cc1-c1ccccc1. The van der Waals surface area contributed by atoms with Crippen LogP contribution in [0, 0.1) is 6.92 Å². The van der Waals surface area contributed by atoms with E-state index >= 15 is 0 Å². The lowest BCUT2D eigenvalue weighted by molar-refractivity contribution is 0.195. The number of rotatable bonds is 5. The van der Waals surface area contributed by atoms with Crippen molar-refractivity contribution < 1.29 is 4.42 Å². The Morgan fingerprint density at radius 2 is 1.21 bits per heavy atom. The van der Waals surface area contributed by atoms with E-state index in [-0.39, 0.29) is 28.5 Å². The van der Waals surface area contributed by atoms with E-state index < -0.39 is 0 Å². The number of para-hydroxylation sites is 2. The highest BCUT2D eigenvalue weighted by atomic mass is 16.3. The van der Waals surface area contributed by atoms with Gasteiger partial charge >= 0.3 is 0 Å². The van der Waals surface area contributed by atoms with Crippen molar-refractivity contribution in [1.29, 1.82) is 0 Å². The Kier molecular flexibility index (Phi) is 9.24. The first-order valence-corrected chi connectivity index (χ1v) is 25.7. The Morgan fingerprint density at radius 3 is 2.00 bits per heavy atom. The van der Waals surface area contributed by atoms with Crippen molar-refractivity contribution in [2.45, 2.75) is 110 Å². The van der Waals surface area contributed by atoms with Crippen LogP contribution in [0.25, 0.3) is 33.1 Å². The molecule has 1 saturated carbocycles. The zero-order valence-corrected chi connectivity index (χ0v) is 42.2. The fourth-order valence-corrected chi connectivity index (χ4v) is 13.3. The fraction of sp³-hybridized carbons (Fsp3) is 0.262. The molecule has 0 saturated heterocycles. The molecular weight excluding hydrogens is 850 g/mol. The van der Waals surface area contributed by atoms with Crippen LogP contribution in [0.3, 0.4) is 0 Å². The summed E-state index contributed by atoms with van der Waals surface area (Å²) in [7, 11) is 0. The van der Waals surface area contributed by atoms with Crippen molar-refractivity contribution in [3.8, 4) is 11.1 Å². The van der Waals surface area contributed by atoms with Crippen molar-refractivity contribution >= 4 is 90.5 Å². The Balaban J connectivity index is 1.11.